The molecule has 1 saturated heterocycles. The first-order valence-electron chi connectivity index (χ1n) is 8.45. The van der Waals surface area contributed by atoms with Crippen LogP contribution in [0.25, 0.3) is 0 Å². The average Bonchev–Trinajstić information content (AvgIpc) is 3.02. The molecule has 0 radical (unpaired) electrons. The lowest BCUT2D eigenvalue weighted by molar-refractivity contribution is 0.0697. The van der Waals surface area contributed by atoms with E-state index in [1.807, 2.05) is 12.1 Å². The third-order valence-electron chi connectivity index (χ3n) is 4.75. The fourth-order valence-electron chi connectivity index (χ4n) is 3.47. The van der Waals surface area contributed by atoms with E-state index < -0.39 is 5.97 Å². The summed E-state index contributed by atoms with van der Waals surface area (Å²) in [5.41, 5.74) is 2.49. The SMILES string of the molecule is COc1ccc(O)cc1CN1CCC(Cc2ccc(C(=O)O)cc2)C1. The number of phenolic OH excluding ortho intramolecular Hbond substituents is 1. The summed E-state index contributed by atoms with van der Waals surface area (Å²) < 4.78 is 5.38. The summed E-state index contributed by atoms with van der Waals surface area (Å²) in [6.45, 7) is 2.75. The highest BCUT2D eigenvalue weighted by molar-refractivity contribution is 5.87. The van der Waals surface area contributed by atoms with Gasteiger partial charge in [0.05, 0.1) is 12.7 Å². The summed E-state index contributed by atoms with van der Waals surface area (Å²) >= 11 is 0. The third-order valence-corrected chi connectivity index (χ3v) is 4.75. The molecule has 1 aliphatic heterocycles. The Kier molecular flexibility index (Phi) is 5.24. The number of likely N-dealkylation sites (tertiary alicyclic amines) is 1. The number of rotatable bonds is 6. The van der Waals surface area contributed by atoms with Crippen molar-refractivity contribution < 1.29 is 19.7 Å². The summed E-state index contributed by atoms with van der Waals surface area (Å²) in [4.78, 5) is 13.3. The summed E-state index contributed by atoms with van der Waals surface area (Å²) in [5, 5.41) is 18.7. The van der Waals surface area contributed by atoms with Crippen LogP contribution in [0.3, 0.4) is 0 Å². The zero-order chi connectivity index (χ0) is 17.8. The Morgan fingerprint density at radius 2 is 2.00 bits per heavy atom. The van der Waals surface area contributed by atoms with Crippen LogP contribution in [0.5, 0.6) is 11.5 Å². The van der Waals surface area contributed by atoms with Crippen molar-refractivity contribution in [3.05, 3.63) is 59.2 Å². The van der Waals surface area contributed by atoms with Gasteiger partial charge in [-0.05, 0) is 61.2 Å². The van der Waals surface area contributed by atoms with Gasteiger partial charge in [-0.2, -0.15) is 0 Å². The van der Waals surface area contributed by atoms with Crippen LogP contribution in [-0.4, -0.2) is 41.3 Å². The lowest BCUT2D eigenvalue weighted by atomic mass is 9.98. The van der Waals surface area contributed by atoms with Gasteiger partial charge >= 0.3 is 5.97 Å². The van der Waals surface area contributed by atoms with E-state index in [1.54, 1.807) is 37.4 Å². The van der Waals surface area contributed by atoms with Crippen LogP contribution in [0.1, 0.15) is 27.9 Å². The van der Waals surface area contributed by atoms with E-state index in [0.29, 0.717) is 11.5 Å². The van der Waals surface area contributed by atoms with Gasteiger partial charge < -0.3 is 14.9 Å². The Balaban J connectivity index is 1.58. The first-order valence-corrected chi connectivity index (χ1v) is 8.45. The molecule has 1 atom stereocenters. The van der Waals surface area contributed by atoms with Crippen LogP contribution in [0.2, 0.25) is 0 Å². The van der Waals surface area contributed by atoms with Crippen molar-refractivity contribution in [3.63, 3.8) is 0 Å². The Labute approximate surface area is 147 Å². The molecule has 5 heteroatoms. The van der Waals surface area contributed by atoms with Gasteiger partial charge in [-0.15, -0.1) is 0 Å². The van der Waals surface area contributed by atoms with Crippen LogP contribution in [0, 0.1) is 5.92 Å². The number of phenols is 1. The Hall–Kier alpha value is -2.53. The maximum absolute atomic E-state index is 10.9. The van der Waals surface area contributed by atoms with E-state index in [2.05, 4.69) is 4.90 Å². The normalized spacial score (nSPS) is 17.6. The Morgan fingerprint density at radius 3 is 2.68 bits per heavy atom. The standard InChI is InChI=1S/C20H23NO4/c1-25-19-7-6-18(22)11-17(19)13-21-9-8-15(12-21)10-14-2-4-16(5-3-14)20(23)24/h2-7,11,15,22H,8-10,12-13H2,1H3,(H,23,24). The van der Waals surface area contributed by atoms with E-state index >= 15 is 0 Å². The van der Waals surface area contributed by atoms with Gasteiger partial charge in [-0.1, -0.05) is 12.1 Å². The van der Waals surface area contributed by atoms with Gasteiger partial charge in [0.1, 0.15) is 11.5 Å². The predicted octanol–water partition coefficient (Wildman–Crippen LogP) is 3.16. The molecule has 0 aliphatic carbocycles. The number of hydrogen-bond donors (Lipinski definition) is 2. The van der Waals surface area contributed by atoms with Crippen LogP contribution >= 0.6 is 0 Å². The number of ether oxygens (including phenoxy) is 1. The second-order valence-corrected chi connectivity index (χ2v) is 6.59. The fourth-order valence-corrected chi connectivity index (χ4v) is 3.47. The fraction of sp³-hybridized carbons (Fsp3) is 0.350. The van der Waals surface area contributed by atoms with Gasteiger partial charge in [-0.25, -0.2) is 4.79 Å². The first-order chi connectivity index (χ1) is 12.0. The molecular formula is C20H23NO4. The maximum atomic E-state index is 10.9. The second-order valence-electron chi connectivity index (χ2n) is 6.59. The molecule has 132 valence electrons. The maximum Gasteiger partial charge on any atom is 0.335 e. The van der Waals surface area contributed by atoms with Crippen molar-refractivity contribution in [3.8, 4) is 11.5 Å². The molecule has 2 aromatic rings. The molecule has 1 fully saturated rings. The van der Waals surface area contributed by atoms with E-state index in [-0.39, 0.29) is 5.75 Å². The molecule has 1 unspecified atom stereocenters. The number of aromatic hydroxyl groups is 1. The number of carboxylic acids is 1. The van der Waals surface area contributed by atoms with Crippen molar-refractivity contribution in [2.75, 3.05) is 20.2 Å². The van der Waals surface area contributed by atoms with Crippen molar-refractivity contribution in [2.45, 2.75) is 19.4 Å². The first kappa shape index (κ1) is 17.3. The van der Waals surface area contributed by atoms with Crippen molar-refractivity contribution in [1.82, 2.24) is 4.90 Å². The molecule has 1 heterocycles. The molecule has 0 spiro atoms. The van der Waals surface area contributed by atoms with Gasteiger partial charge in [-0.3, -0.25) is 4.90 Å². The summed E-state index contributed by atoms with van der Waals surface area (Å²) in [6, 6.07) is 12.3. The molecule has 0 amide bonds. The molecular weight excluding hydrogens is 318 g/mol. The van der Waals surface area contributed by atoms with Gasteiger partial charge in [0.2, 0.25) is 0 Å². The minimum atomic E-state index is -0.890. The lowest BCUT2D eigenvalue weighted by Crippen LogP contribution is -2.21. The molecule has 2 aromatic carbocycles. The highest BCUT2D eigenvalue weighted by Gasteiger charge is 2.23. The monoisotopic (exact) mass is 341 g/mol. The summed E-state index contributed by atoms with van der Waals surface area (Å²) in [7, 11) is 1.64. The van der Waals surface area contributed by atoms with E-state index in [9.17, 15) is 9.90 Å². The Bertz CT molecular complexity index is 742. The quantitative estimate of drug-likeness (QED) is 0.844. The number of carbonyl (C=O) groups is 1. The zero-order valence-corrected chi connectivity index (χ0v) is 14.3. The number of nitrogens with zero attached hydrogens (tertiary/aromatic N) is 1. The second kappa shape index (κ2) is 7.57. The minimum absolute atomic E-state index is 0.255. The molecule has 0 aromatic heterocycles. The highest BCUT2D eigenvalue weighted by atomic mass is 16.5. The van der Waals surface area contributed by atoms with Gasteiger partial charge in [0, 0.05) is 18.7 Å². The number of benzene rings is 2. The molecule has 5 nitrogen and oxygen atoms in total. The minimum Gasteiger partial charge on any atom is -0.508 e. The Morgan fingerprint density at radius 1 is 1.24 bits per heavy atom. The predicted molar refractivity (Wildman–Crippen MR) is 95.1 cm³/mol. The van der Waals surface area contributed by atoms with Gasteiger partial charge in [0.25, 0.3) is 0 Å². The number of hydrogen-bond acceptors (Lipinski definition) is 4. The summed E-state index contributed by atoms with van der Waals surface area (Å²) in [6.07, 6.45) is 2.06. The number of carboxylic acid groups (broad SMARTS) is 1. The molecule has 0 bridgehead atoms. The smallest absolute Gasteiger partial charge is 0.335 e. The molecule has 0 saturated carbocycles. The van der Waals surface area contributed by atoms with Crippen LogP contribution < -0.4 is 4.74 Å². The van der Waals surface area contributed by atoms with Gasteiger partial charge in [0.15, 0.2) is 0 Å². The number of methoxy groups -OCH3 is 1. The third kappa shape index (κ3) is 4.31. The zero-order valence-electron chi connectivity index (χ0n) is 14.3. The lowest BCUT2D eigenvalue weighted by Gasteiger charge is -2.18. The van der Waals surface area contributed by atoms with Crippen LogP contribution in [0.15, 0.2) is 42.5 Å². The van der Waals surface area contributed by atoms with E-state index in [0.717, 1.165) is 43.8 Å². The van der Waals surface area contributed by atoms with Crippen LogP contribution in [-0.2, 0) is 13.0 Å². The largest absolute Gasteiger partial charge is 0.508 e. The van der Waals surface area contributed by atoms with Crippen LogP contribution in [0.4, 0.5) is 0 Å². The molecule has 1 aliphatic rings. The molecule has 25 heavy (non-hydrogen) atoms. The van der Waals surface area contributed by atoms with E-state index in [1.165, 1.54) is 5.56 Å². The van der Waals surface area contributed by atoms with Crippen molar-refractivity contribution >= 4 is 5.97 Å². The summed E-state index contributed by atoms with van der Waals surface area (Å²) in [5.74, 6) is 0.716. The number of aromatic carboxylic acids is 1. The highest BCUT2D eigenvalue weighted by Crippen LogP contribution is 2.28. The van der Waals surface area contributed by atoms with E-state index in [4.69, 9.17) is 9.84 Å². The van der Waals surface area contributed by atoms with Crippen molar-refractivity contribution in [1.29, 1.82) is 0 Å². The molecule has 2 N–H and O–H groups in total. The molecule has 3 rings (SSSR count). The van der Waals surface area contributed by atoms with Crippen molar-refractivity contribution in [2.24, 2.45) is 5.92 Å². The average molecular weight is 341 g/mol. The topological polar surface area (TPSA) is 70.0 Å².